The minimum absolute atomic E-state index is 0.123. The first-order chi connectivity index (χ1) is 11.0. The third kappa shape index (κ3) is 2.80. The summed E-state index contributed by atoms with van der Waals surface area (Å²) in [5.74, 6) is -2.55. The Morgan fingerprint density at radius 3 is 2.61 bits per heavy atom. The number of hydrogen-bond acceptors (Lipinski definition) is 3. The molecule has 0 radical (unpaired) electrons. The van der Waals surface area contributed by atoms with Crippen LogP contribution in [0.3, 0.4) is 0 Å². The predicted octanol–water partition coefficient (Wildman–Crippen LogP) is 5.46. The lowest BCUT2D eigenvalue weighted by molar-refractivity contribution is 0.384. The van der Waals surface area contributed by atoms with E-state index in [2.05, 4.69) is 9.97 Å². The van der Waals surface area contributed by atoms with Crippen LogP contribution in [0.5, 0.6) is 5.75 Å². The molecule has 1 aromatic heterocycles. The van der Waals surface area contributed by atoms with Gasteiger partial charge < -0.3 is 4.74 Å². The van der Waals surface area contributed by atoms with Crippen molar-refractivity contribution in [2.24, 2.45) is 0 Å². The van der Waals surface area contributed by atoms with E-state index in [1.807, 2.05) is 0 Å². The van der Waals surface area contributed by atoms with Gasteiger partial charge in [0.2, 0.25) is 0 Å². The number of nitrogens with zero attached hydrogens (tertiary/aromatic N) is 2. The predicted molar refractivity (Wildman–Crippen MR) is 86.3 cm³/mol. The first kappa shape index (κ1) is 16.2. The van der Waals surface area contributed by atoms with Crippen LogP contribution in [0.15, 0.2) is 30.7 Å². The molecule has 0 saturated heterocycles. The van der Waals surface area contributed by atoms with E-state index in [9.17, 15) is 8.78 Å². The van der Waals surface area contributed by atoms with E-state index in [4.69, 9.17) is 39.5 Å². The monoisotopic (exact) mass is 374 g/mol. The van der Waals surface area contributed by atoms with Gasteiger partial charge >= 0.3 is 0 Å². The first-order valence-electron chi connectivity index (χ1n) is 6.29. The van der Waals surface area contributed by atoms with Gasteiger partial charge in [-0.2, -0.15) is 0 Å². The third-order valence-electron chi connectivity index (χ3n) is 3.22. The molecule has 0 unspecified atom stereocenters. The molecule has 0 aliphatic carbocycles. The molecule has 0 spiro atoms. The molecule has 0 amide bonds. The molecule has 0 bridgehead atoms. The summed E-state index contributed by atoms with van der Waals surface area (Å²) in [6.07, 6.45) is 2.95. The summed E-state index contributed by atoms with van der Waals surface area (Å²) in [5, 5.41) is -0.157. The van der Waals surface area contributed by atoms with Crippen molar-refractivity contribution < 1.29 is 13.5 Å². The van der Waals surface area contributed by atoms with Gasteiger partial charge in [0.15, 0.2) is 23.5 Å². The number of benzene rings is 2. The molecule has 0 atom stereocenters. The highest BCUT2D eigenvalue weighted by molar-refractivity contribution is 6.43. The molecule has 23 heavy (non-hydrogen) atoms. The molecule has 1 heterocycles. The molecule has 0 N–H and O–H groups in total. The second kappa shape index (κ2) is 6.43. The van der Waals surface area contributed by atoms with Crippen LogP contribution in [0.2, 0.25) is 10.0 Å². The van der Waals surface area contributed by atoms with Crippen molar-refractivity contribution >= 4 is 45.7 Å². The quantitative estimate of drug-likeness (QED) is 0.346. The van der Waals surface area contributed by atoms with Gasteiger partial charge in [-0.05, 0) is 17.7 Å². The Kier molecular flexibility index (Phi) is 4.53. The van der Waals surface area contributed by atoms with Crippen LogP contribution in [0.1, 0.15) is 0 Å². The summed E-state index contributed by atoms with van der Waals surface area (Å²) in [6, 6.07) is 4.51. The zero-order valence-corrected chi connectivity index (χ0v) is 13.6. The lowest BCUT2D eigenvalue weighted by Gasteiger charge is -2.15. The highest BCUT2D eigenvalue weighted by Crippen LogP contribution is 2.44. The summed E-state index contributed by atoms with van der Waals surface area (Å²) in [7, 11) is 0. The Hall–Kier alpha value is -1.69. The van der Waals surface area contributed by atoms with E-state index in [1.165, 1.54) is 6.33 Å². The Labute approximate surface area is 144 Å². The van der Waals surface area contributed by atoms with Crippen molar-refractivity contribution in [3.63, 3.8) is 0 Å². The average molecular weight is 376 g/mol. The van der Waals surface area contributed by atoms with Crippen molar-refractivity contribution in [3.8, 4) is 16.9 Å². The van der Waals surface area contributed by atoms with Gasteiger partial charge in [-0.1, -0.05) is 40.9 Å². The van der Waals surface area contributed by atoms with Crippen LogP contribution < -0.4 is 4.74 Å². The highest BCUT2D eigenvalue weighted by Gasteiger charge is 2.25. The molecule has 0 fully saturated rings. The maximum Gasteiger partial charge on any atom is 0.179 e. The lowest BCUT2D eigenvalue weighted by Crippen LogP contribution is -2.00. The Morgan fingerprint density at radius 2 is 1.87 bits per heavy atom. The van der Waals surface area contributed by atoms with E-state index in [1.54, 1.807) is 24.4 Å². The number of rotatable bonds is 3. The van der Waals surface area contributed by atoms with E-state index >= 15 is 0 Å². The normalized spacial score (nSPS) is 11.0. The fraction of sp³-hybridized carbons (Fsp3) is 0.0667. The van der Waals surface area contributed by atoms with Crippen molar-refractivity contribution in [3.05, 3.63) is 52.4 Å². The minimum atomic E-state index is -1.25. The zero-order chi connectivity index (χ0) is 16.6. The van der Waals surface area contributed by atoms with Crippen molar-refractivity contribution in [1.82, 2.24) is 9.97 Å². The van der Waals surface area contributed by atoms with Gasteiger partial charge in [0.1, 0.15) is 16.4 Å². The number of alkyl halides is 1. The number of hydrogen-bond donors (Lipinski definition) is 0. The lowest BCUT2D eigenvalue weighted by atomic mass is 10.0. The van der Waals surface area contributed by atoms with E-state index in [-0.39, 0.29) is 22.4 Å². The molecular formula is C15H7Cl3F2N2O. The van der Waals surface area contributed by atoms with Gasteiger partial charge in [0.05, 0.1) is 11.1 Å². The molecule has 3 nitrogen and oxygen atoms in total. The van der Waals surface area contributed by atoms with Gasteiger partial charge in [0.25, 0.3) is 0 Å². The van der Waals surface area contributed by atoms with Crippen LogP contribution in [0.25, 0.3) is 22.0 Å². The maximum absolute atomic E-state index is 14.4. The van der Waals surface area contributed by atoms with E-state index in [0.29, 0.717) is 16.5 Å². The van der Waals surface area contributed by atoms with Crippen LogP contribution in [0.4, 0.5) is 8.78 Å². The van der Waals surface area contributed by atoms with E-state index < -0.39 is 16.7 Å². The number of halogens is 5. The molecule has 0 aliphatic rings. The topological polar surface area (TPSA) is 35.0 Å². The molecule has 3 rings (SSSR count). The summed E-state index contributed by atoms with van der Waals surface area (Å²) < 4.78 is 33.6. The van der Waals surface area contributed by atoms with E-state index in [0.717, 1.165) is 0 Å². The fourth-order valence-electron chi connectivity index (χ4n) is 2.20. The molecule has 3 aromatic rings. The smallest absolute Gasteiger partial charge is 0.179 e. The van der Waals surface area contributed by atoms with Gasteiger partial charge in [-0.15, -0.1) is 0 Å². The number of aromatic nitrogens is 2. The largest absolute Gasteiger partial charge is 0.476 e. The first-order valence-corrected chi connectivity index (χ1v) is 7.58. The molecule has 0 aliphatic heterocycles. The molecule has 118 valence electrons. The SMILES string of the molecule is Fc1c(F)c(-c2ccc3ncncc3c2)c(OCCl)c(Cl)c1Cl. The van der Waals surface area contributed by atoms with Crippen molar-refractivity contribution in [2.45, 2.75) is 0 Å². The van der Waals surface area contributed by atoms with Crippen molar-refractivity contribution in [2.75, 3.05) is 6.07 Å². The van der Waals surface area contributed by atoms with Gasteiger partial charge in [-0.3, -0.25) is 0 Å². The van der Waals surface area contributed by atoms with Crippen LogP contribution in [-0.4, -0.2) is 16.0 Å². The zero-order valence-electron chi connectivity index (χ0n) is 11.3. The number of ether oxygens (including phenoxy) is 1. The number of fused-ring (bicyclic) bond motifs is 1. The van der Waals surface area contributed by atoms with Crippen molar-refractivity contribution in [1.29, 1.82) is 0 Å². The Morgan fingerprint density at radius 1 is 1.09 bits per heavy atom. The fourth-order valence-corrected chi connectivity index (χ4v) is 2.71. The molecule has 0 saturated carbocycles. The Bertz CT molecular complexity index is 906. The summed E-state index contributed by atoms with van der Waals surface area (Å²) in [5.41, 5.74) is 0.829. The third-order valence-corrected chi connectivity index (χ3v) is 4.14. The standard InChI is InChI=1S/C15H7Cl3F2N2O/c16-5-23-15-10(13(19)14(20)11(17)12(15)18)7-1-2-9-8(3-7)4-21-6-22-9/h1-4,6H,5H2. The van der Waals surface area contributed by atoms with Crippen LogP contribution >= 0.6 is 34.8 Å². The second-order valence-corrected chi connectivity index (χ2v) is 5.48. The minimum Gasteiger partial charge on any atom is -0.476 e. The second-order valence-electron chi connectivity index (χ2n) is 4.51. The summed E-state index contributed by atoms with van der Waals surface area (Å²) in [4.78, 5) is 7.97. The van der Waals surface area contributed by atoms with Crippen LogP contribution in [-0.2, 0) is 0 Å². The Balaban J connectivity index is 2.32. The maximum atomic E-state index is 14.4. The van der Waals surface area contributed by atoms with Gasteiger partial charge in [0, 0.05) is 11.6 Å². The summed E-state index contributed by atoms with van der Waals surface area (Å²) >= 11 is 17.2. The molecule has 2 aromatic carbocycles. The average Bonchev–Trinajstić information content (AvgIpc) is 2.58. The van der Waals surface area contributed by atoms with Gasteiger partial charge in [-0.25, -0.2) is 18.7 Å². The molecular weight excluding hydrogens is 369 g/mol. The summed E-state index contributed by atoms with van der Waals surface area (Å²) in [6.45, 7) is 0. The van der Waals surface area contributed by atoms with Crippen LogP contribution in [0, 0.1) is 11.6 Å². The molecule has 8 heteroatoms. The highest BCUT2D eigenvalue weighted by atomic mass is 35.5.